The summed E-state index contributed by atoms with van der Waals surface area (Å²) >= 11 is 4.64. The molecule has 0 radical (unpaired) electrons. The number of aromatic amines is 1. The second-order valence-corrected chi connectivity index (χ2v) is 2.86. The summed E-state index contributed by atoms with van der Waals surface area (Å²) in [6.07, 6.45) is 3.32. The number of aromatic nitrogens is 2. The maximum absolute atomic E-state index is 4.64. The minimum Gasteiger partial charge on any atom is -0.351 e. The van der Waals surface area contributed by atoms with Gasteiger partial charge in [0.15, 0.2) is 5.82 Å². The van der Waals surface area contributed by atoms with E-state index in [2.05, 4.69) is 39.4 Å². The Bertz CT molecular complexity index is 384. The first-order valence-corrected chi connectivity index (χ1v) is 5.42. The van der Waals surface area contributed by atoms with Crippen LogP contribution in [0.4, 0.5) is 0 Å². The first-order chi connectivity index (χ1) is 7.40. The highest BCUT2D eigenvalue weighted by atomic mass is 35.5. The van der Waals surface area contributed by atoms with Gasteiger partial charge in [-0.1, -0.05) is 30.3 Å². The zero-order chi connectivity index (χ0) is 11.1. The third kappa shape index (κ3) is 3.08. The van der Waals surface area contributed by atoms with Crippen molar-refractivity contribution in [1.82, 2.24) is 9.97 Å². The molecule has 0 aliphatic rings. The van der Waals surface area contributed by atoms with Crippen LogP contribution < -0.4 is 5.73 Å². The Morgan fingerprint density at radius 3 is 2.47 bits per heavy atom. The predicted molar refractivity (Wildman–Crippen MR) is 62.4 cm³/mol. The molecule has 0 aliphatic carbocycles. The molecule has 3 nitrogen and oxygen atoms in total. The van der Waals surface area contributed by atoms with E-state index >= 15 is 0 Å². The number of nitrogens with zero attached hydrogens (tertiary/aromatic N) is 1. The summed E-state index contributed by atoms with van der Waals surface area (Å²) in [6.45, 7) is 0.701. The summed E-state index contributed by atoms with van der Waals surface area (Å²) in [5.41, 5.74) is 5.99. The predicted octanol–water partition coefficient (Wildman–Crippen LogP) is 1.67. The zero-order valence-corrected chi connectivity index (χ0v) is 9.46. The number of nitrogens with one attached hydrogen (secondary N) is 1. The molecule has 80 valence electrons. The highest BCUT2D eigenvalue weighted by molar-refractivity contribution is 6.15. The Morgan fingerprint density at radius 1 is 1.27 bits per heavy atom. The topological polar surface area (TPSA) is 56.3 Å². The van der Waals surface area contributed by atoms with Crippen molar-refractivity contribution in [3.63, 3.8) is 0 Å². The highest BCUT2D eigenvalue weighted by Gasteiger charge is 2.00. The van der Waals surface area contributed by atoms with E-state index in [1.54, 1.807) is 0 Å². The molecule has 0 aliphatic heterocycles. The molecule has 1 aromatic heterocycles. The van der Waals surface area contributed by atoms with Gasteiger partial charge in [-0.3, -0.25) is 0 Å². The van der Waals surface area contributed by atoms with Gasteiger partial charge in [-0.15, -0.1) is 11.6 Å². The summed E-state index contributed by atoms with van der Waals surface area (Å²) in [4.78, 5) is 7.40. The number of alkyl halides is 1. The van der Waals surface area contributed by atoms with Crippen LogP contribution in [-0.4, -0.2) is 16.4 Å². The molecule has 0 saturated carbocycles. The van der Waals surface area contributed by atoms with Crippen molar-refractivity contribution in [2.24, 2.45) is 0 Å². The van der Waals surface area contributed by atoms with Crippen molar-refractivity contribution in [3.05, 3.63) is 42.4 Å². The van der Waals surface area contributed by atoms with Gasteiger partial charge < -0.3 is 10.7 Å². The quantitative estimate of drug-likeness (QED) is 0.750. The van der Waals surface area contributed by atoms with E-state index in [9.17, 15) is 0 Å². The molecule has 2 aromatic rings. The van der Waals surface area contributed by atoms with E-state index in [1.165, 1.54) is 6.38 Å². The summed E-state index contributed by atoms with van der Waals surface area (Å²) in [5, 5.41) is 0. The van der Waals surface area contributed by atoms with Gasteiger partial charge in [0, 0.05) is 6.38 Å². The molecular formula is C11H15ClN3+. The molecule has 0 saturated heterocycles. The molecule has 0 fully saturated rings. The minimum atomic E-state index is 0.701. The molecule has 0 atom stereocenters. The SMILES string of the molecule is CCl.[NH3+]Cc1ncc(-c2ccccc2)[nH]1. The third-order valence-corrected chi connectivity index (χ3v) is 1.95. The Balaban J connectivity index is 0.000000531. The van der Waals surface area contributed by atoms with Crippen LogP contribution in [-0.2, 0) is 6.54 Å². The number of halogens is 1. The maximum Gasteiger partial charge on any atom is 0.161 e. The van der Waals surface area contributed by atoms with E-state index in [0.29, 0.717) is 6.54 Å². The van der Waals surface area contributed by atoms with Gasteiger partial charge in [0.25, 0.3) is 0 Å². The van der Waals surface area contributed by atoms with Crippen LogP contribution in [0.3, 0.4) is 0 Å². The van der Waals surface area contributed by atoms with Gasteiger partial charge in [-0.25, -0.2) is 4.98 Å². The lowest BCUT2D eigenvalue weighted by Gasteiger charge is -1.94. The second kappa shape index (κ2) is 6.22. The lowest BCUT2D eigenvalue weighted by Crippen LogP contribution is -2.47. The number of quaternary nitrogens is 1. The molecule has 4 heteroatoms. The second-order valence-electron chi connectivity index (χ2n) is 2.86. The van der Waals surface area contributed by atoms with Gasteiger partial charge in [-0.05, 0) is 5.56 Å². The highest BCUT2D eigenvalue weighted by Crippen LogP contribution is 2.15. The van der Waals surface area contributed by atoms with Crippen LogP contribution in [0.25, 0.3) is 11.3 Å². The third-order valence-electron chi connectivity index (χ3n) is 1.95. The van der Waals surface area contributed by atoms with E-state index in [-0.39, 0.29) is 0 Å². The molecule has 1 aromatic carbocycles. The number of H-pyrrole nitrogens is 1. The van der Waals surface area contributed by atoms with Gasteiger partial charge in [-0.2, -0.15) is 0 Å². The Morgan fingerprint density at radius 2 is 1.93 bits per heavy atom. The first-order valence-electron chi connectivity index (χ1n) is 4.66. The average molecular weight is 225 g/mol. The van der Waals surface area contributed by atoms with Crippen molar-refractivity contribution in [2.75, 3.05) is 6.38 Å². The summed E-state index contributed by atoms with van der Waals surface area (Å²) in [6, 6.07) is 10.1. The number of rotatable bonds is 2. The maximum atomic E-state index is 4.64. The van der Waals surface area contributed by atoms with E-state index in [4.69, 9.17) is 0 Å². The van der Waals surface area contributed by atoms with Crippen LogP contribution in [0.5, 0.6) is 0 Å². The summed E-state index contributed by atoms with van der Waals surface area (Å²) in [7, 11) is 0. The van der Waals surface area contributed by atoms with Crippen molar-refractivity contribution < 1.29 is 5.73 Å². The van der Waals surface area contributed by atoms with Crippen LogP contribution in [0.1, 0.15) is 5.82 Å². The van der Waals surface area contributed by atoms with E-state index < -0.39 is 0 Å². The fraction of sp³-hybridized carbons (Fsp3) is 0.182. The van der Waals surface area contributed by atoms with Gasteiger partial charge in [0.1, 0.15) is 6.54 Å². The fourth-order valence-corrected chi connectivity index (χ4v) is 1.25. The Labute approximate surface area is 94.3 Å². The molecule has 1 heterocycles. The van der Waals surface area contributed by atoms with Crippen LogP contribution in [0.2, 0.25) is 0 Å². The largest absolute Gasteiger partial charge is 0.351 e. The molecule has 0 spiro atoms. The molecule has 0 unspecified atom stereocenters. The minimum absolute atomic E-state index is 0.701. The number of hydrogen-bond donors (Lipinski definition) is 2. The normalized spacial score (nSPS) is 9.27. The molecule has 0 bridgehead atoms. The van der Waals surface area contributed by atoms with Crippen molar-refractivity contribution in [2.45, 2.75) is 6.54 Å². The van der Waals surface area contributed by atoms with E-state index in [0.717, 1.165) is 17.1 Å². The first kappa shape index (κ1) is 11.8. The van der Waals surface area contributed by atoms with Crippen molar-refractivity contribution in [3.8, 4) is 11.3 Å². The van der Waals surface area contributed by atoms with Crippen molar-refractivity contribution in [1.29, 1.82) is 0 Å². The van der Waals surface area contributed by atoms with Gasteiger partial charge in [0.2, 0.25) is 0 Å². The average Bonchev–Trinajstić information content (AvgIpc) is 2.81. The fourth-order valence-electron chi connectivity index (χ4n) is 1.25. The molecular weight excluding hydrogens is 210 g/mol. The zero-order valence-electron chi connectivity index (χ0n) is 8.70. The molecule has 4 N–H and O–H groups in total. The van der Waals surface area contributed by atoms with Gasteiger partial charge >= 0.3 is 0 Å². The molecule has 15 heavy (non-hydrogen) atoms. The van der Waals surface area contributed by atoms with Crippen LogP contribution >= 0.6 is 11.6 Å². The monoisotopic (exact) mass is 224 g/mol. The lowest BCUT2D eigenvalue weighted by atomic mass is 10.2. The van der Waals surface area contributed by atoms with Crippen LogP contribution in [0.15, 0.2) is 36.5 Å². The van der Waals surface area contributed by atoms with Gasteiger partial charge in [0.05, 0.1) is 11.9 Å². The number of imidazole rings is 1. The molecule has 0 amide bonds. The standard InChI is InChI=1S/C10H11N3.CH3Cl/c11-6-10-12-7-9(13-10)8-4-2-1-3-5-8;1-2/h1-5,7H,6,11H2,(H,12,13);1H3/p+1. The number of hydrogen-bond acceptors (Lipinski definition) is 1. The Hall–Kier alpha value is -1.32. The lowest BCUT2D eigenvalue weighted by molar-refractivity contribution is -0.388. The van der Waals surface area contributed by atoms with Crippen LogP contribution in [0, 0.1) is 0 Å². The number of benzene rings is 1. The summed E-state index contributed by atoms with van der Waals surface area (Å²) < 4.78 is 0. The smallest absolute Gasteiger partial charge is 0.161 e. The molecule has 2 rings (SSSR count). The van der Waals surface area contributed by atoms with Crippen molar-refractivity contribution >= 4 is 11.6 Å². The van der Waals surface area contributed by atoms with E-state index in [1.807, 2.05) is 24.4 Å². The Kier molecular flexibility index (Phi) is 4.87. The summed E-state index contributed by atoms with van der Waals surface area (Å²) in [5.74, 6) is 0.929.